The molecule has 8 N–H and O–H groups in total. The standard InChI is InChI=1S/C12H9F3N2.C12H10F2N2/c13-9-5-8(10(14)11(15)12(9)17)6-1-3-7(16)4-2-6;13-10-5-9(16)6-11(14)12(10)7-1-3-8(15)4-2-7/h1-5H,16-17H2;1-6H,15-16H2. The second kappa shape index (κ2) is 9.47. The van der Waals surface area contributed by atoms with Gasteiger partial charge in [-0.3, -0.25) is 0 Å². The highest BCUT2D eigenvalue weighted by atomic mass is 19.2. The molecule has 9 heteroatoms. The molecular formula is C24H19F5N4. The predicted molar refractivity (Wildman–Crippen MR) is 121 cm³/mol. The van der Waals surface area contributed by atoms with Gasteiger partial charge >= 0.3 is 0 Å². The van der Waals surface area contributed by atoms with Crippen molar-refractivity contribution in [3.63, 3.8) is 0 Å². The van der Waals surface area contributed by atoms with E-state index in [1.54, 1.807) is 24.3 Å². The first-order valence-corrected chi connectivity index (χ1v) is 9.47. The number of nitrogen functional groups attached to an aromatic ring is 4. The molecule has 0 fully saturated rings. The normalized spacial score (nSPS) is 10.5. The molecule has 0 aromatic heterocycles. The highest BCUT2D eigenvalue weighted by Crippen LogP contribution is 2.30. The van der Waals surface area contributed by atoms with Crippen molar-refractivity contribution >= 4 is 22.7 Å². The molecular weight excluding hydrogens is 439 g/mol. The van der Waals surface area contributed by atoms with E-state index in [0.29, 0.717) is 22.5 Å². The van der Waals surface area contributed by atoms with Gasteiger partial charge in [-0.15, -0.1) is 0 Å². The smallest absolute Gasteiger partial charge is 0.185 e. The lowest BCUT2D eigenvalue weighted by molar-refractivity contribution is 0.503. The minimum Gasteiger partial charge on any atom is -0.399 e. The molecule has 0 saturated carbocycles. The zero-order chi connectivity index (χ0) is 24.3. The average Bonchev–Trinajstić information content (AvgIpc) is 2.77. The molecule has 4 aromatic carbocycles. The summed E-state index contributed by atoms with van der Waals surface area (Å²) in [6.07, 6.45) is 0. The highest BCUT2D eigenvalue weighted by molar-refractivity contribution is 5.69. The van der Waals surface area contributed by atoms with Crippen LogP contribution in [0.2, 0.25) is 0 Å². The first-order chi connectivity index (χ1) is 15.6. The molecule has 0 aliphatic heterocycles. The van der Waals surface area contributed by atoms with Crippen LogP contribution in [0.25, 0.3) is 22.3 Å². The maximum absolute atomic E-state index is 13.6. The van der Waals surface area contributed by atoms with Crippen molar-refractivity contribution in [1.82, 2.24) is 0 Å². The van der Waals surface area contributed by atoms with E-state index >= 15 is 0 Å². The first kappa shape index (κ1) is 23.4. The molecule has 0 aliphatic rings. The first-order valence-electron chi connectivity index (χ1n) is 9.47. The molecule has 4 aromatic rings. The van der Waals surface area contributed by atoms with E-state index in [9.17, 15) is 22.0 Å². The summed E-state index contributed by atoms with van der Waals surface area (Å²) in [7, 11) is 0. The van der Waals surface area contributed by atoms with Crippen LogP contribution in [-0.4, -0.2) is 0 Å². The lowest BCUT2D eigenvalue weighted by atomic mass is 10.0. The molecule has 4 rings (SSSR count). The van der Waals surface area contributed by atoms with Gasteiger partial charge in [0.25, 0.3) is 0 Å². The van der Waals surface area contributed by atoms with Gasteiger partial charge in [0, 0.05) is 22.6 Å². The Hall–Kier alpha value is -4.27. The summed E-state index contributed by atoms with van der Waals surface area (Å²) in [5, 5.41) is 0. The number of hydrogen-bond acceptors (Lipinski definition) is 4. The third-order valence-corrected chi connectivity index (χ3v) is 4.68. The van der Waals surface area contributed by atoms with Gasteiger partial charge in [0.2, 0.25) is 0 Å². The third-order valence-electron chi connectivity index (χ3n) is 4.68. The van der Waals surface area contributed by atoms with Gasteiger partial charge in [-0.1, -0.05) is 24.3 Å². The van der Waals surface area contributed by atoms with Crippen LogP contribution in [0.3, 0.4) is 0 Å². The zero-order valence-electron chi connectivity index (χ0n) is 17.1. The summed E-state index contributed by atoms with van der Waals surface area (Å²) in [4.78, 5) is 0. The Bertz CT molecular complexity index is 1270. The van der Waals surface area contributed by atoms with Crippen LogP contribution < -0.4 is 22.9 Å². The average molecular weight is 458 g/mol. The number of nitrogens with two attached hydrogens (primary N) is 4. The monoisotopic (exact) mass is 458 g/mol. The van der Waals surface area contributed by atoms with E-state index in [-0.39, 0.29) is 16.8 Å². The Kier molecular flexibility index (Phi) is 6.72. The summed E-state index contributed by atoms with van der Waals surface area (Å²) in [6.45, 7) is 0. The van der Waals surface area contributed by atoms with Crippen LogP contribution in [0, 0.1) is 29.1 Å². The minimum absolute atomic E-state index is 0.0641. The van der Waals surface area contributed by atoms with E-state index in [4.69, 9.17) is 22.9 Å². The van der Waals surface area contributed by atoms with Gasteiger partial charge in [0.05, 0.1) is 5.56 Å². The van der Waals surface area contributed by atoms with Crippen molar-refractivity contribution in [2.75, 3.05) is 22.9 Å². The fraction of sp³-hybridized carbons (Fsp3) is 0. The summed E-state index contributed by atoms with van der Waals surface area (Å²) < 4.78 is 67.1. The van der Waals surface area contributed by atoms with Gasteiger partial charge in [-0.2, -0.15) is 0 Å². The van der Waals surface area contributed by atoms with Gasteiger partial charge in [-0.25, -0.2) is 22.0 Å². The number of hydrogen-bond donors (Lipinski definition) is 4. The molecule has 0 atom stereocenters. The Balaban J connectivity index is 0.000000186. The molecule has 0 spiro atoms. The molecule has 0 saturated heterocycles. The molecule has 0 amide bonds. The molecule has 0 heterocycles. The van der Waals surface area contributed by atoms with Gasteiger partial charge in [0.15, 0.2) is 11.6 Å². The minimum atomic E-state index is -1.38. The molecule has 0 radical (unpaired) electrons. The summed E-state index contributed by atoms with van der Waals surface area (Å²) in [6, 6.07) is 15.3. The van der Waals surface area contributed by atoms with Crippen molar-refractivity contribution in [3.8, 4) is 22.3 Å². The van der Waals surface area contributed by atoms with Crippen molar-refractivity contribution in [2.45, 2.75) is 0 Å². The summed E-state index contributed by atoms with van der Waals surface area (Å²) >= 11 is 0. The van der Waals surface area contributed by atoms with E-state index in [1.165, 1.54) is 24.3 Å². The van der Waals surface area contributed by atoms with Crippen LogP contribution in [0.4, 0.5) is 44.7 Å². The van der Waals surface area contributed by atoms with Gasteiger partial charge in [-0.05, 0) is 53.6 Å². The van der Waals surface area contributed by atoms with Crippen LogP contribution in [-0.2, 0) is 0 Å². The predicted octanol–water partition coefficient (Wildman–Crippen LogP) is 5.73. The Labute approximate surface area is 186 Å². The Morgan fingerprint density at radius 2 is 0.909 bits per heavy atom. The summed E-state index contributed by atoms with van der Waals surface area (Å²) in [5.41, 5.74) is 22.1. The van der Waals surface area contributed by atoms with E-state index in [1.807, 2.05) is 0 Å². The van der Waals surface area contributed by atoms with Crippen LogP contribution in [0.15, 0.2) is 66.7 Å². The highest BCUT2D eigenvalue weighted by Gasteiger charge is 2.17. The lowest BCUT2D eigenvalue weighted by Gasteiger charge is -2.07. The van der Waals surface area contributed by atoms with Gasteiger partial charge in [0.1, 0.15) is 23.1 Å². The fourth-order valence-electron chi connectivity index (χ4n) is 3.00. The van der Waals surface area contributed by atoms with Crippen LogP contribution >= 0.6 is 0 Å². The quantitative estimate of drug-likeness (QED) is 0.175. The fourth-order valence-corrected chi connectivity index (χ4v) is 3.00. The maximum Gasteiger partial charge on any atom is 0.185 e. The van der Waals surface area contributed by atoms with Crippen molar-refractivity contribution in [3.05, 3.63) is 95.8 Å². The van der Waals surface area contributed by atoms with Gasteiger partial charge < -0.3 is 22.9 Å². The third kappa shape index (κ3) is 5.15. The molecule has 0 bridgehead atoms. The molecule has 0 aliphatic carbocycles. The SMILES string of the molecule is Nc1ccc(-c2c(F)cc(N)cc2F)cc1.Nc1ccc(-c2cc(F)c(N)c(F)c2F)cc1. The van der Waals surface area contributed by atoms with E-state index < -0.39 is 34.8 Å². The number of anilines is 4. The number of halogens is 5. The number of benzene rings is 4. The number of rotatable bonds is 2. The second-order valence-electron chi connectivity index (χ2n) is 7.05. The molecule has 0 unspecified atom stereocenters. The maximum atomic E-state index is 13.6. The zero-order valence-corrected chi connectivity index (χ0v) is 17.1. The van der Waals surface area contributed by atoms with E-state index in [0.717, 1.165) is 18.2 Å². The van der Waals surface area contributed by atoms with Crippen LogP contribution in [0.5, 0.6) is 0 Å². The van der Waals surface area contributed by atoms with E-state index in [2.05, 4.69) is 0 Å². The second-order valence-corrected chi connectivity index (χ2v) is 7.05. The molecule has 170 valence electrons. The molecule has 33 heavy (non-hydrogen) atoms. The van der Waals surface area contributed by atoms with Crippen molar-refractivity contribution in [1.29, 1.82) is 0 Å². The Morgan fingerprint density at radius 1 is 0.455 bits per heavy atom. The van der Waals surface area contributed by atoms with Crippen molar-refractivity contribution < 1.29 is 22.0 Å². The molecule has 4 nitrogen and oxygen atoms in total. The summed E-state index contributed by atoms with van der Waals surface area (Å²) in [5.74, 6) is -4.90. The van der Waals surface area contributed by atoms with Crippen LogP contribution in [0.1, 0.15) is 0 Å². The Morgan fingerprint density at radius 3 is 1.39 bits per heavy atom. The largest absolute Gasteiger partial charge is 0.399 e. The topological polar surface area (TPSA) is 104 Å². The van der Waals surface area contributed by atoms with Crippen molar-refractivity contribution in [2.24, 2.45) is 0 Å². The lowest BCUT2D eigenvalue weighted by Crippen LogP contribution is -2.01.